The lowest BCUT2D eigenvalue weighted by Gasteiger charge is -2.33. The monoisotopic (exact) mass is 310 g/mol. The van der Waals surface area contributed by atoms with Crippen LogP contribution in [-0.2, 0) is 0 Å². The summed E-state index contributed by atoms with van der Waals surface area (Å²) < 4.78 is 0. The molecule has 104 valence electrons. The van der Waals surface area contributed by atoms with Gasteiger partial charge >= 0.3 is 0 Å². The summed E-state index contributed by atoms with van der Waals surface area (Å²) in [6.45, 7) is 1.96. The second-order valence-corrected chi connectivity index (χ2v) is 5.74. The highest BCUT2D eigenvalue weighted by atomic mass is 32.1. The summed E-state index contributed by atoms with van der Waals surface area (Å²) in [7, 11) is 0. The Kier molecular flexibility index (Phi) is 3.65. The molecule has 2 amide bonds. The molecule has 0 N–H and O–H groups in total. The predicted molar refractivity (Wildman–Crippen MR) is 71.6 cm³/mol. The molecule has 20 heavy (non-hydrogen) atoms. The zero-order valence-corrected chi connectivity index (χ0v) is 11.9. The van der Waals surface area contributed by atoms with E-state index in [4.69, 9.17) is 0 Å². The minimum absolute atomic E-state index is 0.129. The molecule has 2 aromatic rings. The maximum atomic E-state index is 12.1. The standard InChI is InChI=1S/C10H10N6O2S2/c17-9(7-13-11-5-19-7)15-1-2-16(4-3-15)10(18)8-14-12-6-20-8/h5-6H,1-4H2. The Morgan fingerprint density at radius 1 is 0.850 bits per heavy atom. The zero-order chi connectivity index (χ0) is 13.9. The fourth-order valence-electron chi connectivity index (χ4n) is 1.92. The van der Waals surface area contributed by atoms with E-state index in [9.17, 15) is 9.59 Å². The molecule has 1 aliphatic rings. The van der Waals surface area contributed by atoms with Crippen molar-refractivity contribution in [3.8, 4) is 0 Å². The molecular weight excluding hydrogens is 300 g/mol. The van der Waals surface area contributed by atoms with Crippen LogP contribution in [0.3, 0.4) is 0 Å². The van der Waals surface area contributed by atoms with Crippen molar-refractivity contribution in [3.63, 3.8) is 0 Å². The summed E-state index contributed by atoms with van der Waals surface area (Å²) in [5, 5.41) is 15.6. The van der Waals surface area contributed by atoms with Gasteiger partial charge in [0.1, 0.15) is 11.0 Å². The van der Waals surface area contributed by atoms with Gasteiger partial charge in [-0.15, -0.1) is 20.4 Å². The molecule has 1 saturated heterocycles. The molecule has 0 atom stereocenters. The fraction of sp³-hybridized carbons (Fsp3) is 0.400. The topological polar surface area (TPSA) is 92.2 Å². The average Bonchev–Trinajstić information content (AvgIpc) is 3.18. The first-order valence-corrected chi connectivity index (χ1v) is 7.62. The molecule has 1 fully saturated rings. The number of rotatable bonds is 2. The average molecular weight is 310 g/mol. The molecule has 3 rings (SSSR count). The minimum atomic E-state index is -0.129. The van der Waals surface area contributed by atoms with Crippen molar-refractivity contribution in [1.29, 1.82) is 0 Å². The van der Waals surface area contributed by atoms with E-state index in [0.29, 0.717) is 36.2 Å². The van der Waals surface area contributed by atoms with Gasteiger partial charge in [0.05, 0.1) is 0 Å². The van der Waals surface area contributed by atoms with Gasteiger partial charge in [0.25, 0.3) is 11.8 Å². The van der Waals surface area contributed by atoms with Crippen molar-refractivity contribution >= 4 is 34.5 Å². The summed E-state index contributed by atoms with van der Waals surface area (Å²) >= 11 is 2.44. The van der Waals surface area contributed by atoms with E-state index in [-0.39, 0.29) is 11.8 Å². The van der Waals surface area contributed by atoms with Gasteiger partial charge in [-0.1, -0.05) is 22.7 Å². The second kappa shape index (κ2) is 5.59. The van der Waals surface area contributed by atoms with Crippen LogP contribution in [0, 0.1) is 0 Å². The Balaban J connectivity index is 1.60. The number of carbonyl (C=O) groups is 2. The largest absolute Gasteiger partial charge is 0.333 e. The molecule has 2 aromatic heterocycles. The van der Waals surface area contributed by atoms with E-state index in [1.54, 1.807) is 9.80 Å². The smallest absolute Gasteiger partial charge is 0.284 e. The van der Waals surface area contributed by atoms with Crippen LogP contribution in [0.25, 0.3) is 0 Å². The van der Waals surface area contributed by atoms with Crippen molar-refractivity contribution in [1.82, 2.24) is 30.2 Å². The molecule has 3 heterocycles. The van der Waals surface area contributed by atoms with E-state index in [1.165, 1.54) is 33.7 Å². The van der Waals surface area contributed by atoms with Crippen molar-refractivity contribution < 1.29 is 9.59 Å². The molecule has 0 aromatic carbocycles. The van der Waals surface area contributed by atoms with E-state index in [1.807, 2.05) is 0 Å². The van der Waals surface area contributed by atoms with Crippen molar-refractivity contribution in [2.45, 2.75) is 0 Å². The molecule has 0 unspecified atom stereocenters. The van der Waals surface area contributed by atoms with Crippen LogP contribution < -0.4 is 0 Å². The Bertz CT molecular complexity index is 537. The quantitative estimate of drug-likeness (QED) is 0.774. The number of aromatic nitrogens is 4. The predicted octanol–water partition coefficient (Wildman–Crippen LogP) is -0.0122. The molecule has 10 heteroatoms. The van der Waals surface area contributed by atoms with Gasteiger partial charge in [-0.25, -0.2) is 0 Å². The first-order chi connectivity index (χ1) is 9.75. The maximum Gasteiger partial charge on any atom is 0.284 e. The van der Waals surface area contributed by atoms with Gasteiger partial charge in [0.2, 0.25) is 10.0 Å². The summed E-state index contributed by atoms with van der Waals surface area (Å²) in [6, 6.07) is 0. The summed E-state index contributed by atoms with van der Waals surface area (Å²) in [4.78, 5) is 27.5. The number of carbonyl (C=O) groups excluding carboxylic acids is 2. The lowest BCUT2D eigenvalue weighted by molar-refractivity contribution is 0.0534. The first-order valence-electron chi connectivity index (χ1n) is 5.86. The highest BCUT2D eigenvalue weighted by Crippen LogP contribution is 2.12. The van der Waals surface area contributed by atoms with Crippen molar-refractivity contribution in [2.24, 2.45) is 0 Å². The molecular formula is C10H10N6O2S2. The van der Waals surface area contributed by atoms with E-state index >= 15 is 0 Å². The summed E-state index contributed by atoms with van der Waals surface area (Å²) in [6.07, 6.45) is 0. The minimum Gasteiger partial charge on any atom is -0.333 e. The van der Waals surface area contributed by atoms with Gasteiger partial charge in [-0.3, -0.25) is 9.59 Å². The van der Waals surface area contributed by atoms with E-state index in [2.05, 4.69) is 20.4 Å². The second-order valence-electron chi connectivity index (χ2n) is 4.07. The highest BCUT2D eigenvalue weighted by Gasteiger charge is 2.27. The van der Waals surface area contributed by atoms with Gasteiger partial charge < -0.3 is 9.80 Å². The molecule has 0 radical (unpaired) electrons. The Morgan fingerprint density at radius 3 is 1.55 bits per heavy atom. The van der Waals surface area contributed by atoms with Gasteiger partial charge in [0.15, 0.2) is 0 Å². The van der Waals surface area contributed by atoms with Crippen LogP contribution in [0.15, 0.2) is 11.0 Å². The van der Waals surface area contributed by atoms with Gasteiger partial charge in [-0.2, -0.15) is 0 Å². The maximum absolute atomic E-state index is 12.1. The third-order valence-electron chi connectivity index (χ3n) is 2.94. The molecule has 0 aliphatic carbocycles. The van der Waals surface area contributed by atoms with E-state index < -0.39 is 0 Å². The van der Waals surface area contributed by atoms with E-state index in [0.717, 1.165) is 0 Å². The zero-order valence-electron chi connectivity index (χ0n) is 10.3. The molecule has 8 nitrogen and oxygen atoms in total. The molecule has 0 spiro atoms. The van der Waals surface area contributed by atoms with Crippen LogP contribution in [0.5, 0.6) is 0 Å². The van der Waals surface area contributed by atoms with Crippen LogP contribution in [0.4, 0.5) is 0 Å². The Hall–Kier alpha value is -1.94. The number of hydrogen-bond acceptors (Lipinski definition) is 8. The van der Waals surface area contributed by atoms with Crippen molar-refractivity contribution in [2.75, 3.05) is 26.2 Å². The molecule has 1 aliphatic heterocycles. The first kappa shape index (κ1) is 13.1. The molecule has 0 saturated carbocycles. The number of amides is 2. The highest BCUT2D eigenvalue weighted by molar-refractivity contribution is 7.11. The van der Waals surface area contributed by atoms with Crippen LogP contribution in [0.2, 0.25) is 0 Å². The summed E-state index contributed by atoms with van der Waals surface area (Å²) in [5.74, 6) is -0.258. The molecule has 0 bridgehead atoms. The van der Waals surface area contributed by atoms with Crippen LogP contribution >= 0.6 is 22.7 Å². The third-order valence-corrected chi connectivity index (χ3v) is 4.30. The number of nitrogens with zero attached hydrogens (tertiary/aromatic N) is 6. The number of piperazine rings is 1. The van der Waals surface area contributed by atoms with Gasteiger partial charge in [-0.05, 0) is 0 Å². The number of hydrogen-bond donors (Lipinski definition) is 0. The Morgan fingerprint density at radius 2 is 1.25 bits per heavy atom. The lowest BCUT2D eigenvalue weighted by atomic mass is 10.3. The third kappa shape index (κ3) is 2.51. The SMILES string of the molecule is O=C(c1nncs1)N1CCN(C(=O)c2nncs2)CC1. The summed E-state index contributed by atoms with van der Waals surface area (Å²) in [5.41, 5.74) is 3.06. The Labute approximate surface area is 122 Å². The normalized spacial score (nSPS) is 15.4. The lowest BCUT2D eigenvalue weighted by Crippen LogP contribution is -2.50. The van der Waals surface area contributed by atoms with Crippen LogP contribution in [0.1, 0.15) is 19.6 Å². The van der Waals surface area contributed by atoms with Crippen LogP contribution in [-0.4, -0.2) is 68.2 Å². The van der Waals surface area contributed by atoms with Crippen molar-refractivity contribution in [3.05, 3.63) is 21.0 Å². The fourth-order valence-corrected chi connectivity index (χ4v) is 2.95. The van der Waals surface area contributed by atoms with Gasteiger partial charge in [0, 0.05) is 26.2 Å².